The van der Waals surface area contributed by atoms with E-state index in [1.807, 2.05) is 43.3 Å². The second-order valence-corrected chi connectivity index (χ2v) is 6.94. The number of carbonyl (C=O) groups is 1. The SMILES string of the molecule is COc1ccc(C(=O)N2C[C@@H](OCCN(C)C)[C@@H]3OCCC[C@@H]32)cc1. The molecule has 0 radical (unpaired) electrons. The highest BCUT2D eigenvalue weighted by Gasteiger charge is 2.46. The minimum Gasteiger partial charge on any atom is -0.497 e. The summed E-state index contributed by atoms with van der Waals surface area (Å²) in [6.45, 7) is 2.85. The maximum atomic E-state index is 13.0. The van der Waals surface area contributed by atoms with Crippen LogP contribution in [-0.2, 0) is 9.47 Å². The molecule has 6 heteroatoms. The number of ether oxygens (including phenoxy) is 3. The molecule has 1 amide bonds. The Balaban J connectivity index is 1.70. The Morgan fingerprint density at radius 2 is 2.08 bits per heavy atom. The first-order chi connectivity index (χ1) is 12.1. The van der Waals surface area contributed by atoms with Crippen LogP contribution in [0.3, 0.4) is 0 Å². The molecule has 138 valence electrons. The molecule has 3 rings (SSSR count). The minimum atomic E-state index is -0.0487. The first-order valence-corrected chi connectivity index (χ1v) is 8.93. The number of amides is 1. The number of hydrogen-bond donors (Lipinski definition) is 0. The molecule has 1 aromatic carbocycles. The lowest BCUT2D eigenvalue weighted by molar-refractivity contribution is -0.0776. The fourth-order valence-electron chi connectivity index (χ4n) is 3.58. The van der Waals surface area contributed by atoms with E-state index in [0.717, 1.165) is 31.7 Å². The van der Waals surface area contributed by atoms with Gasteiger partial charge in [0.2, 0.25) is 0 Å². The molecule has 0 aromatic heterocycles. The third kappa shape index (κ3) is 4.14. The van der Waals surface area contributed by atoms with Crippen LogP contribution in [0.1, 0.15) is 23.2 Å². The van der Waals surface area contributed by atoms with Crippen molar-refractivity contribution in [2.45, 2.75) is 31.1 Å². The number of fused-ring (bicyclic) bond motifs is 1. The molecule has 0 aliphatic carbocycles. The molecule has 2 fully saturated rings. The summed E-state index contributed by atoms with van der Waals surface area (Å²) in [5, 5.41) is 0. The summed E-state index contributed by atoms with van der Waals surface area (Å²) in [6, 6.07) is 7.39. The third-order valence-electron chi connectivity index (χ3n) is 4.95. The zero-order valence-corrected chi connectivity index (χ0v) is 15.3. The molecule has 0 N–H and O–H groups in total. The molecule has 0 spiro atoms. The monoisotopic (exact) mass is 348 g/mol. The van der Waals surface area contributed by atoms with Gasteiger partial charge in [0.05, 0.1) is 26.3 Å². The third-order valence-corrected chi connectivity index (χ3v) is 4.95. The van der Waals surface area contributed by atoms with Gasteiger partial charge >= 0.3 is 0 Å². The van der Waals surface area contributed by atoms with Crippen LogP contribution in [0.4, 0.5) is 0 Å². The van der Waals surface area contributed by atoms with E-state index in [2.05, 4.69) is 4.90 Å². The molecule has 0 bridgehead atoms. The molecule has 1 aromatic rings. The van der Waals surface area contributed by atoms with Crippen LogP contribution in [0.5, 0.6) is 5.75 Å². The number of hydrogen-bond acceptors (Lipinski definition) is 5. The molecule has 2 saturated heterocycles. The van der Waals surface area contributed by atoms with Crippen molar-refractivity contribution in [2.75, 3.05) is 47.5 Å². The number of carbonyl (C=O) groups excluding carboxylic acids is 1. The Morgan fingerprint density at radius 3 is 2.76 bits per heavy atom. The molecule has 3 atom stereocenters. The van der Waals surface area contributed by atoms with Gasteiger partial charge in [-0.15, -0.1) is 0 Å². The van der Waals surface area contributed by atoms with Crippen LogP contribution in [0.15, 0.2) is 24.3 Å². The molecule has 6 nitrogen and oxygen atoms in total. The van der Waals surface area contributed by atoms with Gasteiger partial charge in [0, 0.05) is 18.7 Å². The van der Waals surface area contributed by atoms with Crippen molar-refractivity contribution in [1.29, 1.82) is 0 Å². The number of likely N-dealkylation sites (tertiary alicyclic amines) is 1. The highest BCUT2D eigenvalue weighted by Crippen LogP contribution is 2.32. The van der Waals surface area contributed by atoms with E-state index in [1.165, 1.54) is 0 Å². The van der Waals surface area contributed by atoms with Crippen LogP contribution in [0, 0.1) is 0 Å². The zero-order valence-electron chi connectivity index (χ0n) is 15.3. The summed E-state index contributed by atoms with van der Waals surface area (Å²) in [5.74, 6) is 0.795. The molecule has 2 aliphatic heterocycles. The lowest BCUT2D eigenvalue weighted by Crippen LogP contribution is -2.44. The largest absolute Gasteiger partial charge is 0.497 e. The summed E-state index contributed by atoms with van der Waals surface area (Å²) in [6.07, 6.45) is 1.89. The van der Waals surface area contributed by atoms with Crippen molar-refractivity contribution < 1.29 is 19.0 Å². The summed E-state index contributed by atoms with van der Waals surface area (Å²) < 4.78 is 17.2. The van der Waals surface area contributed by atoms with Crippen LogP contribution >= 0.6 is 0 Å². The van der Waals surface area contributed by atoms with Crippen molar-refractivity contribution in [3.8, 4) is 5.75 Å². The average Bonchev–Trinajstić information content (AvgIpc) is 3.00. The van der Waals surface area contributed by atoms with Crippen molar-refractivity contribution in [3.05, 3.63) is 29.8 Å². The van der Waals surface area contributed by atoms with Gasteiger partial charge in [-0.3, -0.25) is 4.79 Å². The molecule has 25 heavy (non-hydrogen) atoms. The van der Waals surface area contributed by atoms with Gasteiger partial charge in [-0.2, -0.15) is 0 Å². The van der Waals surface area contributed by atoms with E-state index in [0.29, 0.717) is 18.7 Å². The summed E-state index contributed by atoms with van der Waals surface area (Å²) in [4.78, 5) is 17.0. The fraction of sp³-hybridized carbons (Fsp3) is 0.632. The van der Waals surface area contributed by atoms with Gasteiger partial charge in [-0.25, -0.2) is 0 Å². The molecular weight excluding hydrogens is 320 g/mol. The normalized spacial score (nSPS) is 25.9. The van der Waals surface area contributed by atoms with Crippen LogP contribution in [-0.4, -0.2) is 81.5 Å². The standard InChI is InChI=1S/C19H28N2O4/c1-20(2)10-12-24-17-13-21(16-5-4-11-25-18(16)17)19(22)14-6-8-15(23-3)9-7-14/h6-9,16-18H,4-5,10-13H2,1-3H3/t16-,17+,18+/m0/s1. The number of benzene rings is 1. The Bertz CT molecular complexity index is 575. The quantitative estimate of drug-likeness (QED) is 0.782. The summed E-state index contributed by atoms with van der Waals surface area (Å²) in [5.41, 5.74) is 0.680. The molecule has 0 saturated carbocycles. The zero-order chi connectivity index (χ0) is 17.8. The van der Waals surface area contributed by atoms with Gasteiger partial charge in [0.15, 0.2) is 0 Å². The van der Waals surface area contributed by atoms with Crippen molar-refractivity contribution in [1.82, 2.24) is 9.80 Å². The van der Waals surface area contributed by atoms with E-state index in [-0.39, 0.29) is 24.2 Å². The Hall–Kier alpha value is -1.63. The predicted molar refractivity (Wildman–Crippen MR) is 95.1 cm³/mol. The summed E-state index contributed by atoms with van der Waals surface area (Å²) in [7, 11) is 5.67. The number of rotatable bonds is 6. The smallest absolute Gasteiger partial charge is 0.254 e. The fourth-order valence-corrected chi connectivity index (χ4v) is 3.58. The van der Waals surface area contributed by atoms with Crippen molar-refractivity contribution in [2.24, 2.45) is 0 Å². The van der Waals surface area contributed by atoms with Gasteiger partial charge < -0.3 is 24.0 Å². The van der Waals surface area contributed by atoms with E-state index >= 15 is 0 Å². The van der Waals surface area contributed by atoms with Gasteiger partial charge in [0.25, 0.3) is 5.91 Å². The minimum absolute atomic E-state index is 0.0156. The molecule has 2 aliphatic rings. The highest BCUT2D eigenvalue weighted by molar-refractivity contribution is 5.94. The van der Waals surface area contributed by atoms with Crippen molar-refractivity contribution >= 4 is 5.91 Å². The lowest BCUT2D eigenvalue weighted by Gasteiger charge is -2.32. The Morgan fingerprint density at radius 1 is 1.32 bits per heavy atom. The first kappa shape index (κ1) is 18.2. The lowest BCUT2D eigenvalue weighted by atomic mass is 10.0. The van der Waals surface area contributed by atoms with E-state index in [1.54, 1.807) is 7.11 Å². The second kappa shape index (κ2) is 8.17. The van der Waals surface area contributed by atoms with E-state index in [4.69, 9.17) is 14.2 Å². The number of methoxy groups -OCH3 is 1. The van der Waals surface area contributed by atoms with Gasteiger partial charge in [-0.05, 0) is 51.2 Å². The molecular formula is C19H28N2O4. The number of likely N-dealkylation sites (N-methyl/N-ethyl adjacent to an activating group) is 1. The molecule has 2 heterocycles. The van der Waals surface area contributed by atoms with Crippen LogP contribution in [0.2, 0.25) is 0 Å². The van der Waals surface area contributed by atoms with Crippen LogP contribution in [0.25, 0.3) is 0 Å². The maximum Gasteiger partial charge on any atom is 0.254 e. The Labute approximate surface area is 149 Å². The first-order valence-electron chi connectivity index (χ1n) is 8.93. The average molecular weight is 348 g/mol. The van der Waals surface area contributed by atoms with Gasteiger partial charge in [0.1, 0.15) is 18.0 Å². The van der Waals surface area contributed by atoms with E-state index < -0.39 is 0 Å². The Kier molecular flexibility index (Phi) is 5.93. The second-order valence-electron chi connectivity index (χ2n) is 6.94. The summed E-state index contributed by atoms with van der Waals surface area (Å²) >= 11 is 0. The highest BCUT2D eigenvalue weighted by atomic mass is 16.5. The van der Waals surface area contributed by atoms with Crippen molar-refractivity contribution in [3.63, 3.8) is 0 Å². The van der Waals surface area contributed by atoms with Gasteiger partial charge in [-0.1, -0.05) is 0 Å². The number of nitrogens with zero attached hydrogens (tertiary/aromatic N) is 2. The maximum absolute atomic E-state index is 13.0. The predicted octanol–water partition coefficient (Wildman–Crippen LogP) is 1.65. The van der Waals surface area contributed by atoms with E-state index in [9.17, 15) is 4.79 Å². The van der Waals surface area contributed by atoms with Crippen LogP contribution < -0.4 is 4.74 Å². The molecule has 0 unspecified atom stereocenters. The topological polar surface area (TPSA) is 51.2 Å².